The molecule has 0 amide bonds. The number of hydrogen-bond donors (Lipinski definition) is 2. The lowest BCUT2D eigenvalue weighted by Crippen LogP contribution is -2.18. The van der Waals surface area contributed by atoms with Crippen LogP contribution in [0.2, 0.25) is 0 Å². The van der Waals surface area contributed by atoms with Crippen molar-refractivity contribution in [2.24, 2.45) is 11.8 Å². The van der Waals surface area contributed by atoms with Crippen molar-refractivity contribution in [3.05, 3.63) is 48.8 Å². The van der Waals surface area contributed by atoms with Crippen molar-refractivity contribution in [1.29, 1.82) is 0 Å². The second-order valence-electron chi connectivity index (χ2n) is 8.39. The SMILES string of the molecule is C=C1CC(C)CC(CCNc2cc(Nc3ccc(P(C)(C)=O)cc3)ncn2)C1. The van der Waals surface area contributed by atoms with E-state index in [2.05, 4.69) is 34.1 Å². The van der Waals surface area contributed by atoms with Gasteiger partial charge < -0.3 is 15.2 Å². The average Bonchev–Trinajstić information content (AvgIpc) is 2.61. The Morgan fingerprint density at radius 1 is 1.14 bits per heavy atom. The van der Waals surface area contributed by atoms with Crippen LogP contribution in [-0.4, -0.2) is 29.8 Å². The molecule has 0 spiro atoms. The Bertz CT molecular complexity index is 859. The average molecular weight is 398 g/mol. The van der Waals surface area contributed by atoms with E-state index in [1.807, 2.05) is 30.3 Å². The molecule has 28 heavy (non-hydrogen) atoms. The summed E-state index contributed by atoms with van der Waals surface area (Å²) in [5, 5.41) is 7.58. The Balaban J connectivity index is 1.54. The van der Waals surface area contributed by atoms with Gasteiger partial charge in [0.15, 0.2) is 0 Å². The van der Waals surface area contributed by atoms with E-state index in [-0.39, 0.29) is 0 Å². The number of aromatic nitrogens is 2. The third-order valence-corrected chi connectivity index (χ3v) is 6.78. The molecule has 0 saturated heterocycles. The lowest BCUT2D eigenvalue weighted by Gasteiger charge is -2.28. The first-order chi connectivity index (χ1) is 13.3. The summed E-state index contributed by atoms with van der Waals surface area (Å²) in [5.41, 5.74) is 2.31. The molecule has 1 aliphatic rings. The number of benzene rings is 1. The third-order valence-electron chi connectivity index (χ3n) is 5.24. The van der Waals surface area contributed by atoms with Gasteiger partial charge in [0.2, 0.25) is 0 Å². The first kappa shape index (κ1) is 20.6. The van der Waals surface area contributed by atoms with E-state index < -0.39 is 7.14 Å². The number of nitrogens with one attached hydrogen (secondary N) is 2. The molecule has 1 aromatic carbocycles. The topological polar surface area (TPSA) is 66.9 Å². The molecule has 150 valence electrons. The Hall–Kier alpha value is -2.13. The molecular weight excluding hydrogens is 367 g/mol. The summed E-state index contributed by atoms with van der Waals surface area (Å²) in [5.74, 6) is 3.03. The minimum absolute atomic E-state index is 0.717. The standard InChI is InChI=1S/C22H31N4OP/c1-16-11-17(2)13-18(12-16)9-10-23-21-14-22(25-15-24-21)26-19-5-7-20(8-6-19)28(3,4)27/h5-8,14-15,17-18H,1,9-13H2,2-4H3,(H2,23,24,25,26). The summed E-state index contributed by atoms with van der Waals surface area (Å²) in [4.78, 5) is 8.62. The van der Waals surface area contributed by atoms with Crippen molar-refractivity contribution in [2.45, 2.75) is 32.6 Å². The van der Waals surface area contributed by atoms with E-state index in [1.165, 1.54) is 18.4 Å². The van der Waals surface area contributed by atoms with Gasteiger partial charge in [0.25, 0.3) is 0 Å². The zero-order valence-electron chi connectivity index (χ0n) is 17.1. The fourth-order valence-electron chi connectivity index (χ4n) is 3.92. The molecule has 6 heteroatoms. The first-order valence-electron chi connectivity index (χ1n) is 9.95. The van der Waals surface area contributed by atoms with Crippen molar-refractivity contribution in [3.8, 4) is 0 Å². The molecular formula is C22H31N4OP. The summed E-state index contributed by atoms with van der Waals surface area (Å²) in [6.45, 7) is 11.0. The van der Waals surface area contributed by atoms with E-state index in [0.29, 0.717) is 0 Å². The molecule has 0 bridgehead atoms. The third kappa shape index (κ3) is 5.93. The van der Waals surface area contributed by atoms with Gasteiger partial charge in [0.05, 0.1) is 0 Å². The summed E-state index contributed by atoms with van der Waals surface area (Å²) >= 11 is 0. The number of hydrogen-bond acceptors (Lipinski definition) is 5. The molecule has 5 nitrogen and oxygen atoms in total. The van der Waals surface area contributed by atoms with Crippen LogP contribution in [0.4, 0.5) is 17.3 Å². The molecule has 2 N–H and O–H groups in total. The highest BCUT2D eigenvalue weighted by atomic mass is 31.2. The largest absolute Gasteiger partial charge is 0.370 e. The monoisotopic (exact) mass is 398 g/mol. The van der Waals surface area contributed by atoms with Gasteiger partial charge in [-0.25, -0.2) is 9.97 Å². The molecule has 2 unspecified atom stereocenters. The van der Waals surface area contributed by atoms with Crippen LogP contribution >= 0.6 is 7.14 Å². The van der Waals surface area contributed by atoms with Gasteiger partial charge in [-0.15, -0.1) is 0 Å². The van der Waals surface area contributed by atoms with Crippen molar-refractivity contribution in [1.82, 2.24) is 9.97 Å². The van der Waals surface area contributed by atoms with Crippen molar-refractivity contribution < 1.29 is 4.57 Å². The fraction of sp³-hybridized carbons (Fsp3) is 0.455. The van der Waals surface area contributed by atoms with Gasteiger partial charge in [-0.2, -0.15) is 0 Å². The maximum atomic E-state index is 12.1. The van der Waals surface area contributed by atoms with E-state index in [0.717, 1.165) is 53.8 Å². The van der Waals surface area contributed by atoms with Gasteiger partial charge in [-0.1, -0.05) is 19.1 Å². The summed E-state index contributed by atoms with van der Waals surface area (Å²) in [7, 11) is -2.23. The van der Waals surface area contributed by atoms with E-state index >= 15 is 0 Å². The minimum atomic E-state index is -2.23. The van der Waals surface area contributed by atoms with Crippen LogP contribution in [0, 0.1) is 11.8 Å². The molecule has 3 rings (SSSR count). The van der Waals surface area contributed by atoms with Crippen LogP contribution in [0.5, 0.6) is 0 Å². The number of rotatable bonds is 7. The minimum Gasteiger partial charge on any atom is -0.370 e. The van der Waals surface area contributed by atoms with Gasteiger partial charge in [0, 0.05) is 23.6 Å². The molecule has 2 atom stereocenters. The van der Waals surface area contributed by atoms with Gasteiger partial charge >= 0.3 is 0 Å². The lowest BCUT2D eigenvalue weighted by molar-refractivity contribution is 0.326. The Morgan fingerprint density at radius 3 is 2.54 bits per heavy atom. The number of allylic oxidation sites excluding steroid dienone is 1. The van der Waals surface area contributed by atoms with Crippen LogP contribution < -0.4 is 15.9 Å². The Labute approximate surface area is 168 Å². The van der Waals surface area contributed by atoms with Crippen molar-refractivity contribution in [3.63, 3.8) is 0 Å². The van der Waals surface area contributed by atoms with Crippen LogP contribution in [-0.2, 0) is 4.57 Å². The predicted octanol–water partition coefficient (Wildman–Crippen LogP) is 5.26. The highest BCUT2D eigenvalue weighted by molar-refractivity contribution is 7.70. The van der Waals surface area contributed by atoms with Crippen LogP contribution in [0.3, 0.4) is 0 Å². The predicted molar refractivity (Wildman–Crippen MR) is 120 cm³/mol. The maximum absolute atomic E-state index is 12.1. The highest BCUT2D eigenvalue weighted by Crippen LogP contribution is 2.35. The van der Waals surface area contributed by atoms with Crippen LogP contribution in [0.25, 0.3) is 0 Å². The quantitative estimate of drug-likeness (QED) is 0.492. The van der Waals surface area contributed by atoms with Crippen molar-refractivity contribution >= 4 is 29.8 Å². The van der Waals surface area contributed by atoms with Crippen LogP contribution in [0.1, 0.15) is 32.6 Å². The first-order valence-corrected chi connectivity index (χ1v) is 12.5. The molecule has 0 radical (unpaired) electrons. The van der Waals surface area contributed by atoms with Gasteiger partial charge in [-0.3, -0.25) is 0 Å². The molecule has 1 aromatic heterocycles. The maximum Gasteiger partial charge on any atom is 0.135 e. The van der Waals surface area contributed by atoms with Gasteiger partial charge in [-0.05, 0) is 75.1 Å². The van der Waals surface area contributed by atoms with E-state index in [9.17, 15) is 4.57 Å². The zero-order chi connectivity index (χ0) is 20.1. The molecule has 1 saturated carbocycles. The second-order valence-corrected chi connectivity index (χ2v) is 11.6. The molecule has 1 aliphatic carbocycles. The molecule has 2 aromatic rings. The van der Waals surface area contributed by atoms with E-state index in [4.69, 9.17) is 0 Å². The zero-order valence-corrected chi connectivity index (χ0v) is 18.0. The number of nitrogens with zero attached hydrogens (tertiary/aromatic N) is 2. The normalized spacial score (nSPS) is 20.0. The van der Waals surface area contributed by atoms with Gasteiger partial charge in [0.1, 0.15) is 25.1 Å². The molecule has 1 fully saturated rings. The van der Waals surface area contributed by atoms with Crippen molar-refractivity contribution in [2.75, 3.05) is 30.5 Å². The fourth-order valence-corrected chi connectivity index (χ4v) is 4.79. The molecule has 0 aliphatic heterocycles. The number of anilines is 3. The summed E-state index contributed by atoms with van der Waals surface area (Å²) in [6, 6.07) is 9.59. The Morgan fingerprint density at radius 2 is 1.86 bits per heavy atom. The second kappa shape index (κ2) is 8.91. The summed E-state index contributed by atoms with van der Waals surface area (Å²) < 4.78 is 12.1. The summed E-state index contributed by atoms with van der Waals surface area (Å²) in [6.07, 6.45) is 6.32. The lowest BCUT2D eigenvalue weighted by atomic mass is 9.78. The van der Waals surface area contributed by atoms with E-state index in [1.54, 1.807) is 19.7 Å². The van der Waals surface area contributed by atoms with Crippen LogP contribution in [0.15, 0.2) is 48.8 Å². The Kier molecular flexibility index (Phi) is 6.56. The smallest absolute Gasteiger partial charge is 0.135 e. The molecule has 1 heterocycles. The highest BCUT2D eigenvalue weighted by Gasteiger charge is 2.20.